The van der Waals surface area contributed by atoms with Crippen LogP contribution in [0.25, 0.3) is 0 Å². The van der Waals surface area contributed by atoms with Gasteiger partial charge in [-0.1, -0.05) is 30.3 Å². The van der Waals surface area contributed by atoms with Gasteiger partial charge in [-0.15, -0.1) is 0 Å². The maximum atomic E-state index is 11.8. The first-order valence-electron chi connectivity index (χ1n) is 7.82. The zero-order chi connectivity index (χ0) is 17.4. The third kappa shape index (κ3) is 5.24. The highest BCUT2D eigenvalue weighted by Crippen LogP contribution is 2.17. The average molecular weight is 334 g/mol. The average Bonchev–Trinajstić information content (AvgIpc) is 2.60. The number of nitrogens with zero attached hydrogens (tertiary/aromatic N) is 2. The molecule has 3 N–H and O–H groups in total. The van der Waals surface area contributed by atoms with Crippen LogP contribution in [0.2, 0.25) is 0 Å². The number of ether oxygens (including phenoxy) is 1. The lowest BCUT2D eigenvalue weighted by Crippen LogP contribution is -2.51. The van der Waals surface area contributed by atoms with Crippen molar-refractivity contribution in [2.24, 2.45) is 5.92 Å². The lowest BCUT2D eigenvalue weighted by Gasteiger charge is -2.36. The molecule has 1 fully saturated rings. The van der Waals surface area contributed by atoms with Gasteiger partial charge in [0.25, 0.3) is 0 Å². The fourth-order valence-electron chi connectivity index (χ4n) is 2.67. The molecule has 1 saturated heterocycles. The van der Waals surface area contributed by atoms with Gasteiger partial charge < -0.3 is 15.2 Å². The first-order chi connectivity index (χ1) is 11.6. The predicted molar refractivity (Wildman–Crippen MR) is 87.6 cm³/mol. The Kier molecular flexibility index (Phi) is 6.56. The smallest absolute Gasteiger partial charge is 0.427 e. The van der Waals surface area contributed by atoms with Crippen molar-refractivity contribution >= 4 is 18.5 Å². The molecule has 0 saturated carbocycles. The van der Waals surface area contributed by atoms with Gasteiger partial charge in [0.15, 0.2) is 0 Å². The fourth-order valence-corrected chi connectivity index (χ4v) is 2.67. The number of rotatable bonds is 6. The van der Waals surface area contributed by atoms with Crippen LogP contribution < -0.4 is 5.32 Å². The molecule has 1 heterocycles. The van der Waals surface area contributed by atoms with Crippen molar-refractivity contribution in [3.63, 3.8) is 0 Å². The molecule has 130 valence electrons. The summed E-state index contributed by atoms with van der Waals surface area (Å²) < 4.78 is 5.15. The number of carboxylic acid groups (broad SMARTS) is 1. The van der Waals surface area contributed by atoms with E-state index < -0.39 is 12.2 Å². The molecule has 1 aromatic carbocycles. The van der Waals surface area contributed by atoms with Crippen LogP contribution in [0.4, 0.5) is 9.59 Å². The summed E-state index contributed by atoms with van der Waals surface area (Å²) in [5, 5.41) is 21.4. The van der Waals surface area contributed by atoms with Gasteiger partial charge in [0.1, 0.15) is 12.9 Å². The number of carbonyl (C=O) groups excluding carboxylic acids is 1. The first kappa shape index (κ1) is 17.7. The summed E-state index contributed by atoms with van der Waals surface area (Å²) in [5.74, 6) is 0.116. The Morgan fingerprint density at radius 2 is 2.17 bits per heavy atom. The monoisotopic (exact) mass is 334 g/mol. The number of hydrogen-bond donors (Lipinski definition) is 3. The Bertz CT molecular complexity index is 566. The van der Waals surface area contributed by atoms with Crippen molar-refractivity contribution < 1.29 is 19.4 Å². The lowest BCUT2D eigenvalue weighted by atomic mass is 9.99. The largest absolute Gasteiger partial charge is 0.464 e. The number of amides is 2. The van der Waals surface area contributed by atoms with Gasteiger partial charge in [0.05, 0.1) is 0 Å². The summed E-state index contributed by atoms with van der Waals surface area (Å²) in [6.45, 7) is 1.68. The molecule has 1 aliphatic rings. The van der Waals surface area contributed by atoms with Crippen LogP contribution in [-0.4, -0.2) is 53.3 Å². The Morgan fingerprint density at radius 3 is 2.83 bits per heavy atom. The zero-order valence-electron chi connectivity index (χ0n) is 13.4. The van der Waals surface area contributed by atoms with Gasteiger partial charge in [0.2, 0.25) is 0 Å². The minimum atomic E-state index is -1.18. The van der Waals surface area contributed by atoms with Gasteiger partial charge >= 0.3 is 12.2 Å². The molecule has 0 aromatic heterocycles. The Hall–Kier alpha value is -2.61. The fraction of sp³-hybridized carbons (Fsp3) is 0.438. The van der Waals surface area contributed by atoms with Crippen molar-refractivity contribution in [2.45, 2.75) is 19.4 Å². The topological polar surface area (TPSA) is 106 Å². The van der Waals surface area contributed by atoms with Crippen molar-refractivity contribution in [3.05, 3.63) is 35.9 Å². The van der Waals surface area contributed by atoms with E-state index in [-0.39, 0.29) is 12.5 Å². The van der Waals surface area contributed by atoms with Crippen LogP contribution in [0.5, 0.6) is 0 Å². The van der Waals surface area contributed by atoms with Crippen LogP contribution in [0.3, 0.4) is 0 Å². The number of carbonyl (C=O) groups is 2. The highest BCUT2D eigenvalue weighted by molar-refractivity contribution is 5.78. The van der Waals surface area contributed by atoms with Gasteiger partial charge in [-0.05, 0) is 24.3 Å². The third-order valence-electron chi connectivity index (χ3n) is 3.87. The van der Waals surface area contributed by atoms with Crippen LogP contribution in [0.15, 0.2) is 30.3 Å². The SMILES string of the molecule is N=CN(C(=O)O)N1CCC[C@@H](CNC(=O)OCc2ccccc2)C1. The number of nitrogens with one attached hydrogen (secondary N) is 2. The first-order valence-corrected chi connectivity index (χ1v) is 7.82. The van der Waals surface area contributed by atoms with E-state index in [0.717, 1.165) is 29.8 Å². The maximum absolute atomic E-state index is 11.8. The molecule has 8 heteroatoms. The van der Waals surface area contributed by atoms with Crippen molar-refractivity contribution in [3.8, 4) is 0 Å². The van der Waals surface area contributed by atoms with Crippen LogP contribution in [0, 0.1) is 11.3 Å². The number of alkyl carbamates (subject to hydrolysis) is 1. The Morgan fingerprint density at radius 1 is 1.42 bits per heavy atom. The van der Waals surface area contributed by atoms with Crippen LogP contribution in [-0.2, 0) is 11.3 Å². The van der Waals surface area contributed by atoms with Gasteiger partial charge in [-0.2, -0.15) is 5.01 Å². The molecule has 2 amide bonds. The molecular formula is C16H22N4O4. The molecule has 1 atom stereocenters. The summed E-state index contributed by atoms with van der Waals surface area (Å²) in [6, 6.07) is 9.41. The quantitative estimate of drug-likeness (QED) is 0.546. The van der Waals surface area contributed by atoms with E-state index in [1.165, 1.54) is 0 Å². The second kappa shape index (κ2) is 8.88. The van der Waals surface area contributed by atoms with Crippen LogP contribution >= 0.6 is 0 Å². The molecule has 24 heavy (non-hydrogen) atoms. The summed E-state index contributed by atoms with van der Waals surface area (Å²) in [7, 11) is 0. The van der Waals surface area contributed by atoms with Gasteiger partial charge in [-0.3, -0.25) is 5.41 Å². The summed E-state index contributed by atoms with van der Waals surface area (Å²) >= 11 is 0. The minimum Gasteiger partial charge on any atom is -0.464 e. The molecule has 2 rings (SSSR count). The van der Waals surface area contributed by atoms with Crippen LogP contribution in [0.1, 0.15) is 18.4 Å². The van der Waals surface area contributed by atoms with E-state index in [0.29, 0.717) is 19.6 Å². The summed E-state index contributed by atoms with van der Waals surface area (Å²) in [5.41, 5.74) is 0.916. The summed E-state index contributed by atoms with van der Waals surface area (Å²) in [6.07, 6.45) is 0.815. The number of benzene rings is 1. The molecule has 0 radical (unpaired) electrons. The summed E-state index contributed by atoms with van der Waals surface area (Å²) in [4.78, 5) is 22.8. The van der Waals surface area contributed by atoms with E-state index >= 15 is 0 Å². The molecule has 0 aliphatic carbocycles. The maximum Gasteiger partial charge on any atom is 0.427 e. The number of hydrogen-bond acceptors (Lipinski definition) is 5. The van der Waals surface area contributed by atoms with Gasteiger partial charge in [0, 0.05) is 19.6 Å². The predicted octanol–water partition coefficient (Wildman–Crippen LogP) is 2.13. The molecule has 0 unspecified atom stereocenters. The normalized spacial score (nSPS) is 17.8. The van der Waals surface area contributed by atoms with E-state index in [4.69, 9.17) is 15.3 Å². The third-order valence-corrected chi connectivity index (χ3v) is 3.87. The number of piperidine rings is 1. The molecule has 0 bridgehead atoms. The van der Waals surface area contributed by atoms with Crippen molar-refractivity contribution in [2.75, 3.05) is 19.6 Å². The second-order valence-electron chi connectivity index (χ2n) is 5.62. The second-order valence-corrected chi connectivity index (χ2v) is 5.62. The molecular weight excluding hydrogens is 312 g/mol. The molecule has 1 aromatic rings. The Balaban J connectivity index is 1.74. The molecule has 0 spiro atoms. The van der Waals surface area contributed by atoms with E-state index in [1.54, 1.807) is 5.01 Å². The lowest BCUT2D eigenvalue weighted by molar-refractivity contribution is 0.0147. The number of hydrazine groups is 1. The van der Waals surface area contributed by atoms with Crippen molar-refractivity contribution in [1.29, 1.82) is 5.41 Å². The zero-order valence-corrected chi connectivity index (χ0v) is 13.4. The van der Waals surface area contributed by atoms with Crippen molar-refractivity contribution in [1.82, 2.24) is 15.3 Å². The highest BCUT2D eigenvalue weighted by Gasteiger charge is 2.26. The van der Waals surface area contributed by atoms with E-state index in [2.05, 4.69) is 5.32 Å². The molecule has 8 nitrogen and oxygen atoms in total. The highest BCUT2D eigenvalue weighted by atomic mass is 16.5. The van der Waals surface area contributed by atoms with E-state index in [9.17, 15) is 9.59 Å². The van der Waals surface area contributed by atoms with Gasteiger partial charge in [-0.25, -0.2) is 14.6 Å². The standard InChI is InChI=1S/C16H22N4O4/c17-12-20(16(22)23)19-8-4-7-14(10-19)9-18-15(21)24-11-13-5-2-1-3-6-13/h1-3,5-6,12,14,17H,4,7-11H2,(H,18,21)(H,22,23)/t14-/m0/s1. The minimum absolute atomic E-state index is 0.116. The Labute approximate surface area is 140 Å². The van der Waals surface area contributed by atoms with E-state index in [1.807, 2.05) is 30.3 Å². The molecule has 1 aliphatic heterocycles.